The summed E-state index contributed by atoms with van der Waals surface area (Å²) in [5.74, 6) is -0.769. The fourth-order valence-electron chi connectivity index (χ4n) is 4.18. The summed E-state index contributed by atoms with van der Waals surface area (Å²) in [7, 11) is 3.04. The van der Waals surface area contributed by atoms with Gasteiger partial charge in [0.2, 0.25) is 0 Å². The third-order valence-corrected chi connectivity index (χ3v) is 6.61. The minimum atomic E-state index is -0.869. The quantitative estimate of drug-likeness (QED) is 0.337. The molecule has 190 valence electrons. The maximum atomic E-state index is 13.7. The normalized spacial score (nSPS) is 14.8. The van der Waals surface area contributed by atoms with Crippen LogP contribution in [0.5, 0.6) is 11.5 Å². The molecule has 0 saturated heterocycles. The number of halogens is 2. The molecule has 3 aromatic carbocycles. The Balaban J connectivity index is 1.78. The molecular formula is C28H25Cl2N3O4. The Kier molecular flexibility index (Phi) is 8.06. The molecule has 1 unspecified atom stereocenters. The Morgan fingerprint density at radius 1 is 0.784 bits per heavy atom. The highest BCUT2D eigenvalue weighted by molar-refractivity contribution is 6.36. The molecule has 1 heterocycles. The number of para-hydroxylation sites is 4. The van der Waals surface area contributed by atoms with E-state index in [1.54, 1.807) is 79.9 Å². The number of hydrogen-bond donors (Lipinski definition) is 3. The second kappa shape index (κ2) is 11.4. The number of amides is 2. The molecule has 4 rings (SSSR count). The van der Waals surface area contributed by atoms with Crippen molar-refractivity contribution in [3.63, 3.8) is 0 Å². The number of carbonyl (C=O) groups excluding carboxylic acids is 2. The number of hydrogen-bond acceptors (Lipinski definition) is 5. The summed E-state index contributed by atoms with van der Waals surface area (Å²) < 4.78 is 10.8. The summed E-state index contributed by atoms with van der Waals surface area (Å²) in [6.07, 6.45) is 1.56. The second-order valence-electron chi connectivity index (χ2n) is 8.16. The lowest BCUT2D eigenvalue weighted by Gasteiger charge is -2.30. The zero-order chi connectivity index (χ0) is 26.5. The zero-order valence-electron chi connectivity index (χ0n) is 20.4. The van der Waals surface area contributed by atoms with Gasteiger partial charge < -0.3 is 25.4 Å². The van der Waals surface area contributed by atoms with E-state index in [1.165, 1.54) is 14.2 Å². The van der Waals surface area contributed by atoms with E-state index in [1.807, 2.05) is 0 Å². The first kappa shape index (κ1) is 26.1. The van der Waals surface area contributed by atoms with Crippen LogP contribution in [-0.4, -0.2) is 26.0 Å². The van der Waals surface area contributed by atoms with Gasteiger partial charge in [0.05, 0.1) is 31.5 Å². The largest absolute Gasteiger partial charge is 0.495 e. The maximum absolute atomic E-state index is 13.7. The van der Waals surface area contributed by atoms with Gasteiger partial charge in [0.25, 0.3) is 11.8 Å². The first-order valence-electron chi connectivity index (χ1n) is 11.4. The van der Waals surface area contributed by atoms with Gasteiger partial charge in [0.1, 0.15) is 11.5 Å². The highest BCUT2D eigenvalue weighted by Gasteiger charge is 2.37. The van der Waals surface area contributed by atoms with Crippen molar-refractivity contribution in [3.05, 3.63) is 105 Å². The molecule has 2 amide bonds. The summed E-state index contributed by atoms with van der Waals surface area (Å²) in [5, 5.41) is 9.49. The van der Waals surface area contributed by atoms with E-state index in [0.29, 0.717) is 44.2 Å². The van der Waals surface area contributed by atoms with Gasteiger partial charge in [-0.05, 0) is 43.3 Å². The molecule has 3 aromatic rings. The highest BCUT2D eigenvalue weighted by atomic mass is 35.5. The number of ether oxygens (including phenoxy) is 2. The van der Waals surface area contributed by atoms with Crippen LogP contribution in [0, 0.1) is 0 Å². The number of anilines is 2. The van der Waals surface area contributed by atoms with Crippen LogP contribution in [0.15, 0.2) is 89.8 Å². The van der Waals surface area contributed by atoms with Crippen LogP contribution in [0.25, 0.3) is 0 Å². The molecule has 0 spiro atoms. The van der Waals surface area contributed by atoms with Gasteiger partial charge in [-0.15, -0.1) is 0 Å². The van der Waals surface area contributed by atoms with Crippen molar-refractivity contribution in [2.75, 3.05) is 24.9 Å². The summed E-state index contributed by atoms with van der Waals surface area (Å²) in [4.78, 5) is 27.4. The molecule has 37 heavy (non-hydrogen) atoms. The highest BCUT2D eigenvalue weighted by Crippen LogP contribution is 2.43. The topological polar surface area (TPSA) is 88.7 Å². The lowest BCUT2D eigenvalue weighted by Crippen LogP contribution is -2.33. The smallest absolute Gasteiger partial charge is 0.254 e. The van der Waals surface area contributed by atoms with Crippen molar-refractivity contribution in [3.8, 4) is 11.5 Å². The van der Waals surface area contributed by atoms with Crippen molar-refractivity contribution in [2.45, 2.75) is 12.8 Å². The average molecular weight is 538 g/mol. The molecule has 0 aromatic heterocycles. The number of dihydropyridines is 1. The van der Waals surface area contributed by atoms with Gasteiger partial charge in [-0.2, -0.15) is 0 Å². The monoisotopic (exact) mass is 537 g/mol. The number of benzene rings is 3. The molecule has 0 fully saturated rings. The molecule has 9 heteroatoms. The number of rotatable bonds is 7. The minimum absolute atomic E-state index is 0.247. The van der Waals surface area contributed by atoms with Gasteiger partial charge in [0.15, 0.2) is 0 Å². The predicted octanol–water partition coefficient (Wildman–Crippen LogP) is 6.13. The zero-order valence-corrected chi connectivity index (χ0v) is 21.9. The Bertz CT molecular complexity index is 1400. The Morgan fingerprint density at radius 3 is 1.84 bits per heavy atom. The molecule has 0 radical (unpaired) electrons. The molecule has 0 saturated carbocycles. The van der Waals surface area contributed by atoms with Crippen molar-refractivity contribution < 1.29 is 19.1 Å². The van der Waals surface area contributed by atoms with Gasteiger partial charge in [-0.1, -0.05) is 53.5 Å². The Labute approximate surface area is 225 Å². The predicted molar refractivity (Wildman–Crippen MR) is 146 cm³/mol. The third kappa shape index (κ3) is 5.43. The van der Waals surface area contributed by atoms with Crippen LogP contribution in [0.4, 0.5) is 11.4 Å². The minimum Gasteiger partial charge on any atom is -0.495 e. The fraction of sp³-hybridized carbons (Fsp3) is 0.143. The molecular weight excluding hydrogens is 513 g/mol. The molecule has 3 N–H and O–H groups in total. The van der Waals surface area contributed by atoms with E-state index in [0.717, 1.165) is 0 Å². The molecule has 7 nitrogen and oxygen atoms in total. The van der Waals surface area contributed by atoms with Gasteiger partial charge in [0, 0.05) is 38.7 Å². The van der Waals surface area contributed by atoms with Crippen molar-refractivity contribution in [1.82, 2.24) is 5.32 Å². The number of carbonyl (C=O) groups is 2. The summed E-state index contributed by atoms with van der Waals surface area (Å²) >= 11 is 13.2. The molecule has 1 atom stereocenters. The lowest BCUT2D eigenvalue weighted by atomic mass is 9.81. The van der Waals surface area contributed by atoms with E-state index in [4.69, 9.17) is 32.7 Å². The summed E-state index contributed by atoms with van der Waals surface area (Å²) in [6.45, 7) is 1.75. The standard InChI is InChI=1S/C28H25Cl2N3O4/c1-16-24(28(35)33-21-12-5-7-14-23(21)37-3)25(26-18(29)9-8-10-19(26)30)17(15-31-16)27(34)32-20-11-4-6-13-22(20)36-2/h4-15,25,31H,1-3H3,(H,32,34)(H,33,35). The number of nitrogens with one attached hydrogen (secondary N) is 3. The van der Waals surface area contributed by atoms with Gasteiger partial charge in [-0.25, -0.2) is 0 Å². The van der Waals surface area contributed by atoms with Crippen LogP contribution in [0.3, 0.4) is 0 Å². The molecule has 0 aliphatic carbocycles. The third-order valence-electron chi connectivity index (χ3n) is 5.95. The van der Waals surface area contributed by atoms with E-state index < -0.39 is 17.7 Å². The van der Waals surface area contributed by atoms with E-state index in [2.05, 4.69) is 16.0 Å². The lowest BCUT2D eigenvalue weighted by molar-refractivity contribution is -0.113. The molecule has 0 bridgehead atoms. The second-order valence-corrected chi connectivity index (χ2v) is 8.97. The summed E-state index contributed by atoms with van der Waals surface area (Å²) in [6, 6.07) is 19.2. The van der Waals surface area contributed by atoms with E-state index >= 15 is 0 Å². The van der Waals surface area contributed by atoms with Crippen LogP contribution in [-0.2, 0) is 9.59 Å². The van der Waals surface area contributed by atoms with Gasteiger partial charge >= 0.3 is 0 Å². The van der Waals surface area contributed by atoms with E-state index in [-0.39, 0.29) is 11.1 Å². The van der Waals surface area contributed by atoms with Crippen LogP contribution in [0.1, 0.15) is 18.4 Å². The van der Waals surface area contributed by atoms with Crippen LogP contribution in [0.2, 0.25) is 10.0 Å². The van der Waals surface area contributed by atoms with Crippen LogP contribution >= 0.6 is 23.2 Å². The van der Waals surface area contributed by atoms with Gasteiger partial charge in [-0.3, -0.25) is 9.59 Å². The van der Waals surface area contributed by atoms with E-state index in [9.17, 15) is 9.59 Å². The Hall–Kier alpha value is -3.94. The fourth-order valence-corrected chi connectivity index (χ4v) is 4.80. The molecule has 1 aliphatic rings. The van der Waals surface area contributed by atoms with Crippen molar-refractivity contribution >= 4 is 46.4 Å². The number of allylic oxidation sites excluding steroid dienone is 1. The molecule has 1 aliphatic heterocycles. The van der Waals surface area contributed by atoms with Crippen LogP contribution < -0.4 is 25.4 Å². The Morgan fingerprint density at radius 2 is 1.30 bits per heavy atom. The maximum Gasteiger partial charge on any atom is 0.254 e. The first-order chi connectivity index (χ1) is 17.8. The first-order valence-corrected chi connectivity index (χ1v) is 12.1. The van der Waals surface area contributed by atoms with Crippen molar-refractivity contribution in [1.29, 1.82) is 0 Å². The SMILES string of the molecule is COc1ccccc1NC(=O)C1=CNC(C)=C(C(=O)Nc2ccccc2OC)C1c1c(Cl)cccc1Cl. The summed E-state index contributed by atoms with van der Waals surface area (Å²) in [5.41, 5.74) is 2.48. The average Bonchev–Trinajstić information content (AvgIpc) is 2.89. The number of methoxy groups -OCH3 is 2. The van der Waals surface area contributed by atoms with Crippen molar-refractivity contribution in [2.24, 2.45) is 0 Å².